The monoisotopic (exact) mass is 366 g/mol. The molecule has 0 aliphatic carbocycles. The Labute approximate surface area is 159 Å². The van der Waals surface area contributed by atoms with Crippen LogP contribution in [0.25, 0.3) is 0 Å². The molecule has 2 aromatic rings. The minimum Gasteiger partial charge on any atom is -0.466 e. The van der Waals surface area contributed by atoms with Crippen molar-refractivity contribution < 1.29 is 9.53 Å². The molecule has 134 valence electrons. The summed E-state index contributed by atoms with van der Waals surface area (Å²) in [5.74, 6) is -0.360. The van der Waals surface area contributed by atoms with E-state index in [1.54, 1.807) is 0 Å². The average Bonchev–Trinajstić information content (AvgIpc) is 2.60. The first kappa shape index (κ1) is 18.1. The van der Waals surface area contributed by atoms with Gasteiger partial charge in [0, 0.05) is 11.4 Å². The minimum absolute atomic E-state index is 0.335. The summed E-state index contributed by atoms with van der Waals surface area (Å²) in [6, 6.07) is 15.7. The number of hydrogen-bond acceptors (Lipinski definition) is 3. The zero-order valence-corrected chi connectivity index (χ0v) is 16.2. The molecule has 0 fully saturated rings. The van der Waals surface area contributed by atoms with E-state index in [9.17, 15) is 4.79 Å². The summed E-state index contributed by atoms with van der Waals surface area (Å²) in [6.45, 7) is 6.00. The number of allylic oxidation sites excluding steroid dienone is 1. The third-order valence-corrected chi connectivity index (χ3v) is 4.79. The van der Waals surface area contributed by atoms with Crippen molar-refractivity contribution in [2.24, 2.45) is 0 Å². The third-order valence-electron chi connectivity index (χ3n) is 4.49. The molecule has 1 atom stereocenters. The van der Waals surface area contributed by atoms with Crippen LogP contribution in [0.3, 0.4) is 0 Å². The largest absolute Gasteiger partial charge is 0.466 e. The van der Waals surface area contributed by atoms with Crippen LogP contribution >= 0.6 is 12.2 Å². The Kier molecular flexibility index (Phi) is 5.09. The zero-order chi connectivity index (χ0) is 18.8. The van der Waals surface area contributed by atoms with E-state index in [0.717, 1.165) is 28.1 Å². The van der Waals surface area contributed by atoms with E-state index in [0.29, 0.717) is 10.7 Å². The molecular weight excluding hydrogens is 344 g/mol. The van der Waals surface area contributed by atoms with Crippen molar-refractivity contribution >= 4 is 29.0 Å². The van der Waals surface area contributed by atoms with Gasteiger partial charge >= 0.3 is 5.97 Å². The molecule has 0 bridgehead atoms. The smallest absolute Gasteiger partial charge is 0.337 e. The van der Waals surface area contributed by atoms with Crippen LogP contribution < -0.4 is 10.2 Å². The molecule has 5 heteroatoms. The van der Waals surface area contributed by atoms with Gasteiger partial charge in [-0.1, -0.05) is 36.4 Å². The average molecular weight is 366 g/mol. The van der Waals surface area contributed by atoms with Gasteiger partial charge in [-0.15, -0.1) is 0 Å². The summed E-state index contributed by atoms with van der Waals surface area (Å²) in [5.41, 5.74) is 5.52. The first-order valence-electron chi connectivity index (χ1n) is 8.45. The highest BCUT2D eigenvalue weighted by Gasteiger charge is 2.35. The molecule has 1 aliphatic rings. The van der Waals surface area contributed by atoms with E-state index in [1.807, 2.05) is 56.0 Å². The molecule has 0 unspecified atom stereocenters. The number of rotatable bonds is 3. The van der Waals surface area contributed by atoms with E-state index in [2.05, 4.69) is 23.5 Å². The van der Waals surface area contributed by atoms with Gasteiger partial charge in [-0.05, 0) is 61.8 Å². The van der Waals surface area contributed by atoms with Crippen molar-refractivity contribution in [1.29, 1.82) is 0 Å². The number of thiocarbonyl (C=S) groups is 1. The highest BCUT2D eigenvalue weighted by Crippen LogP contribution is 2.34. The minimum atomic E-state index is -0.360. The maximum absolute atomic E-state index is 12.6. The van der Waals surface area contributed by atoms with Crippen LogP contribution in [0, 0.1) is 13.8 Å². The molecule has 3 rings (SSSR count). The third kappa shape index (κ3) is 3.35. The van der Waals surface area contributed by atoms with Gasteiger partial charge in [-0.2, -0.15) is 0 Å². The van der Waals surface area contributed by atoms with Crippen molar-refractivity contribution in [3.8, 4) is 0 Å². The maximum Gasteiger partial charge on any atom is 0.337 e. The van der Waals surface area contributed by atoms with Crippen molar-refractivity contribution in [3.05, 3.63) is 76.5 Å². The quantitative estimate of drug-likeness (QED) is 0.652. The summed E-state index contributed by atoms with van der Waals surface area (Å²) < 4.78 is 5.07. The number of nitrogens with zero attached hydrogens (tertiary/aromatic N) is 1. The molecule has 0 saturated carbocycles. The molecule has 0 radical (unpaired) electrons. The first-order chi connectivity index (χ1) is 12.4. The lowest BCUT2D eigenvalue weighted by atomic mass is 9.94. The van der Waals surface area contributed by atoms with Crippen molar-refractivity contribution in [2.75, 3.05) is 12.0 Å². The number of carbonyl (C=O) groups is 1. The number of carbonyl (C=O) groups excluding carboxylic acids is 1. The van der Waals surface area contributed by atoms with Crippen molar-refractivity contribution in [3.63, 3.8) is 0 Å². The van der Waals surface area contributed by atoms with Crippen LogP contribution in [-0.4, -0.2) is 18.2 Å². The van der Waals surface area contributed by atoms with E-state index in [4.69, 9.17) is 17.0 Å². The van der Waals surface area contributed by atoms with Gasteiger partial charge in [0.15, 0.2) is 5.11 Å². The molecule has 1 heterocycles. The zero-order valence-electron chi connectivity index (χ0n) is 15.4. The Morgan fingerprint density at radius 1 is 1.08 bits per heavy atom. The first-order valence-corrected chi connectivity index (χ1v) is 8.86. The maximum atomic E-state index is 12.6. The van der Waals surface area contributed by atoms with Crippen LogP contribution in [-0.2, 0) is 9.53 Å². The van der Waals surface area contributed by atoms with E-state index < -0.39 is 0 Å². The van der Waals surface area contributed by atoms with Crippen molar-refractivity contribution in [2.45, 2.75) is 26.8 Å². The summed E-state index contributed by atoms with van der Waals surface area (Å²) in [4.78, 5) is 14.5. The van der Waals surface area contributed by atoms with Gasteiger partial charge in [-0.25, -0.2) is 4.79 Å². The van der Waals surface area contributed by atoms with Gasteiger partial charge in [0.05, 0.1) is 18.7 Å². The number of aryl methyl sites for hydroxylation is 2. The Bertz CT molecular complexity index is 870. The van der Waals surface area contributed by atoms with E-state index >= 15 is 0 Å². The number of anilines is 1. The molecule has 0 amide bonds. The predicted octanol–water partition coefficient (Wildman–Crippen LogP) is 4.19. The normalized spacial score (nSPS) is 17.2. The second kappa shape index (κ2) is 7.30. The molecular formula is C21H22N2O2S. The molecule has 0 aromatic heterocycles. The van der Waals surface area contributed by atoms with Gasteiger partial charge in [0.2, 0.25) is 0 Å². The van der Waals surface area contributed by atoms with Gasteiger partial charge in [-0.3, -0.25) is 4.90 Å². The second-order valence-corrected chi connectivity index (χ2v) is 6.85. The number of methoxy groups -OCH3 is 1. The lowest BCUT2D eigenvalue weighted by molar-refractivity contribution is -0.136. The molecule has 0 spiro atoms. The van der Waals surface area contributed by atoms with Crippen LogP contribution in [0.2, 0.25) is 0 Å². The number of esters is 1. The van der Waals surface area contributed by atoms with Gasteiger partial charge in [0.1, 0.15) is 0 Å². The summed E-state index contributed by atoms with van der Waals surface area (Å²) in [7, 11) is 1.40. The predicted molar refractivity (Wildman–Crippen MR) is 108 cm³/mol. The summed E-state index contributed by atoms with van der Waals surface area (Å²) >= 11 is 5.65. The van der Waals surface area contributed by atoms with Gasteiger partial charge < -0.3 is 10.1 Å². The lowest BCUT2D eigenvalue weighted by Gasteiger charge is -2.37. The van der Waals surface area contributed by atoms with E-state index in [-0.39, 0.29) is 12.0 Å². The molecule has 4 nitrogen and oxygen atoms in total. The van der Waals surface area contributed by atoms with Gasteiger partial charge in [0.25, 0.3) is 0 Å². The Hall–Kier alpha value is -2.66. The fourth-order valence-electron chi connectivity index (χ4n) is 3.40. The SMILES string of the molecule is COC(=O)C1=C(C)N(c2cc(C)cc(C)c2)C(=S)N[C@@H]1c1ccccc1. The Balaban J connectivity index is 2.16. The van der Waals surface area contributed by atoms with Crippen LogP contribution in [0.5, 0.6) is 0 Å². The summed E-state index contributed by atoms with van der Waals surface area (Å²) in [6.07, 6.45) is 0. The fourth-order valence-corrected chi connectivity index (χ4v) is 3.76. The van der Waals surface area contributed by atoms with Crippen molar-refractivity contribution in [1.82, 2.24) is 5.32 Å². The molecule has 26 heavy (non-hydrogen) atoms. The fraction of sp³-hybridized carbons (Fsp3) is 0.238. The molecule has 1 N–H and O–H groups in total. The Morgan fingerprint density at radius 3 is 2.27 bits per heavy atom. The molecule has 1 aliphatic heterocycles. The highest BCUT2D eigenvalue weighted by atomic mass is 32.1. The van der Waals surface area contributed by atoms with Crippen LogP contribution in [0.15, 0.2) is 59.8 Å². The number of hydrogen-bond donors (Lipinski definition) is 1. The van der Waals surface area contributed by atoms with Crippen LogP contribution in [0.4, 0.5) is 5.69 Å². The highest BCUT2D eigenvalue weighted by molar-refractivity contribution is 7.80. The van der Waals surface area contributed by atoms with Crippen LogP contribution in [0.1, 0.15) is 29.7 Å². The topological polar surface area (TPSA) is 41.6 Å². The number of ether oxygens (including phenoxy) is 1. The number of nitrogens with one attached hydrogen (secondary N) is 1. The lowest BCUT2D eigenvalue weighted by Crippen LogP contribution is -2.48. The summed E-state index contributed by atoms with van der Waals surface area (Å²) in [5, 5.41) is 3.88. The van der Waals surface area contributed by atoms with E-state index in [1.165, 1.54) is 7.11 Å². The Morgan fingerprint density at radius 2 is 1.69 bits per heavy atom. The number of benzene rings is 2. The standard InChI is InChI=1S/C21H22N2O2S/c1-13-10-14(2)12-17(11-13)23-15(3)18(20(24)25-4)19(22-21(23)26)16-8-6-5-7-9-16/h5-12,19H,1-4H3,(H,22,26)/t19-/m1/s1. The molecule has 2 aromatic carbocycles. The molecule has 0 saturated heterocycles. The second-order valence-electron chi connectivity index (χ2n) is 6.47.